The lowest BCUT2D eigenvalue weighted by atomic mass is 10.1. The van der Waals surface area contributed by atoms with Crippen molar-refractivity contribution in [3.63, 3.8) is 0 Å². The van der Waals surface area contributed by atoms with Crippen molar-refractivity contribution in [1.29, 1.82) is 0 Å². The molecule has 1 aromatic carbocycles. The van der Waals surface area contributed by atoms with Crippen LogP contribution >= 0.6 is 11.3 Å². The van der Waals surface area contributed by atoms with E-state index in [1.807, 2.05) is 20.2 Å². The van der Waals surface area contributed by atoms with Crippen LogP contribution in [0.3, 0.4) is 0 Å². The van der Waals surface area contributed by atoms with E-state index >= 15 is 0 Å². The summed E-state index contributed by atoms with van der Waals surface area (Å²) in [4.78, 5) is 4.29. The number of nitrogens with one attached hydrogen (secondary N) is 1. The molecule has 0 bridgehead atoms. The Balaban J connectivity index is 1.98. The third-order valence-corrected chi connectivity index (χ3v) is 4.20. The number of nitrogens with two attached hydrogens (primary N) is 1. The Hall–Kier alpha value is -2.34. The van der Waals surface area contributed by atoms with Gasteiger partial charge in [0.15, 0.2) is 5.82 Å². The molecule has 0 atom stereocenters. The van der Waals surface area contributed by atoms with Crippen molar-refractivity contribution in [2.45, 2.75) is 0 Å². The predicted octanol–water partition coefficient (Wildman–Crippen LogP) is 2.85. The minimum atomic E-state index is 0.431. The van der Waals surface area contributed by atoms with Crippen LogP contribution in [-0.2, 0) is 0 Å². The molecule has 0 unspecified atom stereocenters. The van der Waals surface area contributed by atoms with Crippen molar-refractivity contribution in [2.24, 2.45) is 0 Å². The maximum Gasteiger partial charge on any atom is 0.174 e. The summed E-state index contributed by atoms with van der Waals surface area (Å²) >= 11 is 1.66. The van der Waals surface area contributed by atoms with Crippen molar-refractivity contribution >= 4 is 22.8 Å². The van der Waals surface area contributed by atoms with Crippen molar-refractivity contribution < 1.29 is 0 Å². The van der Waals surface area contributed by atoms with Gasteiger partial charge in [-0.1, -0.05) is 12.1 Å². The topological polar surface area (TPSA) is 70.8 Å². The zero-order valence-corrected chi connectivity index (χ0v) is 12.1. The standard InChI is InChI=1S/C14H15N5S/c1-19(2)10-5-3-4-9(8-10)11-6-7-12(20-11)13-14(15)17-18-16-13/h3-8H,1-2H3,(H3,15,16,17,18). The van der Waals surface area contributed by atoms with Crippen LogP contribution in [-0.4, -0.2) is 29.5 Å². The number of aromatic amines is 1. The second-order valence-electron chi connectivity index (χ2n) is 4.67. The second-order valence-corrected chi connectivity index (χ2v) is 5.75. The molecule has 102 valence electrons. The lowest BCUT2D eigenvalue weighted by Gasteiger charge is -2.12. The fourth-order valence-corrected chi connectivity index (χ4v) is 2.98. The highest BCUT2D eigenvalue weighted by Gasteiger charge is 2.11. The normalized spacial score (nSPS) is 10.7. The van der Waals surface area contributed by atoms with E-state index in [-0.39, 0.29) is 0 Å². The number of aromatic nitrogens is 3. The van der Waals surface area contributed by atoms with Crippen LogP contribution in [0.15, 0.2) is 36.4 Å². The van der Waals surface area contributed by atoms with Crippen LogP contribution < -0.4 is 10.6 Å². The summed E-state index contributed by atoms with van der Waals surface area (Å²) in [5.41, 5.74) is 8.86. The zero-order chi connectivity index (χ0) is 14.1. The smallest absolute Gasteiger partial charge is 0.174 e. The van der Waals surface area contributed by atoms with Crippen molar-refractivity contribution in [3.8, 4) is 21.0 Å². The summed E-state index contributed by atoms with van der Waals surface area (Å²) in [6, 6.07) is 12.5. The Bertz CT molecular complexity index is 729. The number of H-pyrrole nitrogens is 1. The predicted molar refractivity (Wildman–Crippen MR) is 83.9 cm³/mol. The van der Waals surface area contributed by atoms with Crippen LogP contribution in [0.4, 0.5) is 11.5 Å². The van der Waals surface area contributed by atoms with Crippen LogP contribution in [0.1, 0.15) is 0 Å². The van der Waals surface area contributed by atoms with Crippen molar-refractivity contribution in [1.82, 2.24) is 15.4 Å². The van der Waals surface area contributed by atoms with Gasteiger partial charge in [-0.2, -0.15) is 10.3 Å². The minimum absolute atomic E-state index is 0.431. The van der Waals surface area contributed by atoms with Crippen LogP contribution in [0, 0.1) is 0 Å². The van der Waals surface area contributed by atoms with E-state index < -0.39 is 0 Å². The summed E-state index contributed by atoms with van der Waals surface area (Å²) in [7, 11) is 4.07. The third kappa shape index (κ3) is 2.25. The molecule has 0 fully saturated rings. The molecule has 20 heavy (non-hydrogen) atoms. The molecule has 3 rings (SSSR count). The number of nitrogen functional groups attached to an aromatic ring is 1. The highest BCUT2D eigenvalue weighted by molar-refractivity contribution is 7.18. The second kappa shape index (κ2) is 4.97. The highest BCUT2D eigenvalue weighted by atomic mass is 32.1. The summed E-state index contributed by atoms with van der Waals surface area (Å²) in [6.07, 6.45) is 0. The summed E-state index contributed by atoms with van der Waals surface area (Å²) < 4.78 is 0. The number of rotatable bonds is 3. The van der Waals surface area contributed by atoms with E-state index in [1.165, 1.54) is 16.1 Å². The molecule has 0 radical (unpaired) electrons. The molecule has 3 N–H and O–H groups in total. The molecule has 0 aliphatic heterocycles. The lowest BCUT2D eigenvalue weighted by Crippen LogP contribution is -2.08. The molecule has 2 aromatic heterocycles. The van der Waals surface area contributed by atoms with Crippen molar-refractivity contribution in [3.05, 3.63) is 36.4 Å². The molecule has 2 heterocycles. The van der Waals surface area contributed by atoms with Gasteiger partial charge >= 0.3 is 0 Å². The van der Waals surface area contributed by atoms with Gasteiger partial charge in [-0.3, -0.25) is 0 Å². The van der Waals surface area contributed by atoms with E-state index in [1.54, 1.807) is 11.3 Å². The Morgan fingerprint density at radius 3 is 2.60 bits per heavy atom. The molecule has 0 spiro atoms. The third-order valence-electron chi connectivity index (χ3n) is 3.06. The van der Waals surface area contributed by atoms with Gasteiger partial charge in [0, 0.05) is 24.7 Å². The van der Waals surface area contributed by atoms with Crippen LogP contribution in [0.25, 0.3) is 21.0 Å². The Morgan fingerprint density at radius 2 is 1.90 bits per heavy atom. The molecule has 0 aliphatic carbocycles. The summed E-state index contributed by atoms with van der Waals surface area (Å²) in [6.45, 7) is 0. The van der Waals surface area contributed by atoms with Gasteiger partial charge in [0.25, 0.3) is 0 Å². The first-order chi connectivity index (χ1) is 9.65. The number of anilines is 2. The van der Waals surface area contributed by atoms with Gasteiger partial charge in [-0.25, -0.2) is 0 Å². The van der Waals surface area contributed by atoms with Crippen LogP contribution in [0.2, 0.25) is 0 Å². The van der Waals surface area contributed by atoms with Crippen LogP contribution in [0.5, 0.6) is 0 Å². The van der Waals surface area contributed by atoms with E-state index in [2.05, 4.69) is 50.6 Å². The molecule has 0 saturated heterocycles. The van der Waals surface area contributed by atoms with Gasteiger partial charge < -0.3 is 10.6 Å². The van der Waals surface area contributed by atoms with Gasteiger partial charge in [0.05, 0.1) is 4.88 Å². The molecule has 0 saturated carbocycles. The summed E-state index contributed by atoms with van der Waals surface area (Å²) in [5.74, 6) is 0.431. The van der Waals surface area contributed by atoms with E-state index in [9.17, 15) is 0 Å². The number of benzene rings is 1. The quantitative estimate of drug-likeness (QED) is 0.776. The largest absolute Gasteiger partial charge is 0.380 e. The highest BCUT2D eigenvalue weighted by Crippen LogP contribution is 2.35. The van der Waals surface area contributed by atoms with Crippen molar-refractivity contribution in [2.75, 3.05) is 24.7 Å². The van der Waals surface area contributed by atoms with Gasteiger partial charge in [0.1, 0.15) is 5.69 Å². The summed E-state index contributed by atoms with van der Waals surface area (Å²) in [5, 5.41) is 10.5. The molecule has 5 nitrogen and oxygen atoms in total. The number of hydrogen-bond acceptors (Lipinski definition) is 5. The Labute approximate surface area is 121 Å². The maximum absolute atomic E-state index is 5.78. The fraction of sp³-hybridized carbons (Fsp3) is 0.143. The van der Waals surface area contributed by atoms with Gasteiger partial charge in [0.2, 0.25) is 0 Å². The molecular formula is C14H15N5S. The minimum Gasteiger partial charge on any atom is -0.380 e. The maximum atomic E-state index is 5.78. The average Bonchev–Trinajstić information content (AvgIpc) is 3.07. The average molecular weight is 285 g/mol. The SMILES string of the molecule is CN(C)c1cccc(-c2ccc(-c3n[nH]nc3N)s2)c1. The molecule has 0 aliphatic rings. The van der Waals surface area contributed by atoms with Gasteiger partial charge in [-0.15, -0.1) is 16.4 Å². The first kappa shape index (κ1) is 12.7. The Morgan fingerprint density at radius 1 is 1.10 bits per heavy atom. The molecule has 6 heteroatoms. The van der Waals surface area contributed by atoms with E-state index in [0.29, 0.717) is 11.5 Å². The monoisotopic (exact) mass is 285 g/mol. The van der Waals surface area contributed by atoms with E-state index in [4.69, 9.17) is 5.73 Å². The Kier molecular flexibility index (Phi) is 3.15. The zero-order valence-electron chi connectivity index (χ0n) is 11.3. The number of nitrogens with zero attached hydrogens (tertiary/aromatic N) is 3. The first-order valence-corrected chi connectivity index (χ1v) is 7.01. The first-order valence-electron chi connectivity index (χ1n) is 6.19. The molecule has 0 amide bonds. The van der Waals surface area contributed by atoms with E-state index in [0.717, 1.165) is 4.88 Å². The molecular weight excluding hydrogens is 270 g/mol. The number of thiophene rings is 1. The fourth-order valence-electron chi connectivity index (χ4n) is 1.98. The lowest BCUT2D eigenvalue weighted by molar-refractivity contribution is 0.946. The molecule has 3 aromatic rings. The number of hydrogen-bond donors (Lipinski definition) is 2. The van der Waals surface area contributed by atoms with Gasteiger partial charge in [-0.05, 0) is 29.8 Å².